The van der Waals surface area contributed by atoms with Crippen LogP contribution in [0.1, 0.15) is 85.0 Å². The number of alkyl halides is 2. The van der Waals surface area contributed by atoms with Crippen molar-refractivity contribution < 1.29 is 55.2 Å². The van der Waals surface area contributed by atoms with Gasteiger partial charge in [-0.05, 0) is 60.7 Å². The van der Waals surface area contributed by atoms with Gasteiger partial charge in [-0.25, -0.2) is 8.78 Å². The molecule has 0 heterocycles. The average molecular weight is 633 g/mol. The summed E-state index contributed by atoms with van der Waals surface area (Å²) in [4.78, 5) is 63.1. The number of hydrogen-bond acceptors (Lipinski definition) is 9. The molecule has 0 spiro atoms. The lowest BCUT2D eigenvalue weighted by molar-refractivity contribution is -0.166. The van der Waals surface area contributed by atoms with Crippen LogP contribution in [0.25, 0.3) is 0 Å². The van der Waals surface area contributed by atoms with Crippen molar-refractivity contribution in [3.63, 3.8) is 0 Å². The van der Waals surface area contributed by atoms with Gasteiger partial charge in [0.15, 0.2) is 12.4 Å². The summed E-state index contributed by atoms with van der Waals surface area (Å²) in [5.41, 5.74) is -0.922. The highest BCUT2D eigenvalue weighted by Gasteiger charge is 2.66. The van der Waals surface area contributed by atoms with Gasteiger partial charge in [0.25, 0.3) is 16.0 Å². The number of esters is 2. The number of fused-ring (bicyclic) bond motifs is 5. The zero-order chi connectivity index (χ0) is 32.0. The summed E-state index contributed by atoms with van der Waals surface area (Å²) >= 11 is 0. The first-order valence-electron chi connectivity index (χ1n) is 15.1. The van der Waals surface area contributed by atoms with Crippen molar-refractivity contribution in [2.24, 2.45) is 46.3 Å². The van der Waals surface area contributed by atoms with E-state index in [1.807, 2.05) is 13.8 Å². The molecule has 10 nitrogen and oxygen atoms in total. The number of ether oxygens (including phenoxy) is 2. The molecule has 4 aliphatic rings. The van der Waals surface area contributed by atoms with E-state index in [9.17, 15) is 41.2 Å². The van der Waals surface area contributed by atoms with Crippen LogP contribution >= 0.6 is 0 Å². The Labute approximate surface area is 250 Å². The first-order chi connectivity index (χ1) is 19.9. The third kappa shape index (κ3) is 7.02. The highest BCUT2D eigenvalue weighted by atomic mass is 32.2. The second-order valence-corrected chi connectivity index (χ2v) is 15.1. The van der Waals surface area contributed by atoms with Crippen LogP contribution in [0, 0.1) is 46.3 Å². The first kappa shape index (κ1) is 33.6. The predicted octanol–water partition coefficient (Wildman–Crippen LogP) is 3.99. The molecule has 0 radical (unpaired) electrons. The second-order valence-electron chi connectivity index (χ2n) is 13.7. The summed E-state index contributed by atoms with van der Waals surface area (Å²) in [7, 11) is -4.64. The summed E-state index contributed by atoms with van der Waals surface area (Å²) in [5.74, 6) is -7.13. The van der Waals surface area contributed by atoms with Crippen LogP contribution in [0.3, 0.4) is 0 Å². The van der Waals surface area contributed by atoms with Crippen LogP contribution in [0.5, 0.6) is 0 Å². The van der Waals surface area contributed by atoms with Gasteiger partial charge in [-0.1, -0.05) is 20.8 Å². The Bertz CT molecular complexity index is 1270. The largest absolute Gasteiger partial charge is 0.465 e. The van der Waals surface area contributed by atoms with E-state index in [1.54, 1.807) is 0 Å². The number of carbonyl (C=O) groups excluding carboxylic acids is 5. The first-order valence-corrected chi connectivity index (χ1v) is 16.7. The minimum absolute atomic E-state index is 0.00531. The van der Waals surface area contributed by atoms with Crippen LogP contribution < -0.4 is 0 Å². The van der Waals surface area contributed by atoms with Crippen LogP contribution in [0.15, 0.2) is 0 Å². The minimum atomic E-state index is -4.64. The van der Waals surface area contributed by atoms with Gasteiger partial charge in [-0.3, -0.25) is 28.5 Å². The van der Waals surface area contributed by atoms with E-state index in [1.165, 1.54) is 0 Å². The molecule has 4 fully saturated rings. The average Bonchev–Trinajstić information content (AvgIpc) is 3.25. The maximum atomic E-state index is 14.1. The van der Waals surface area contributed by atoms with E-state index in [4.69, 9.17) is 9.29 Å². The van der Waals surface area contributed by atoms with Gasteiger partial charge in [-0.15, -0.1) is 0 Å². The standard InChI is InChI=1S/C30H42F2O10S/c1-17(4-7-25(36)42-16-30(31,32)10-11-41-26(37)15-43(38,39)40)20-5-6-21-27-22(14-24(35)29(20,21)3)28(2)9-8-19(33)12-18(28)13-23(27)34/h17-18,20-22,27H,4-16H2,1-3H3,(H,38,39,40)/t17-,18?,20-,21?,22?,27?,28+,29-/m1/s1. The van der Waals surface area contributed by atoms with Crippen molar-refractivity contribution in [2.45, 2.75) is 90.9 Å². The topological polar surface area (TPSA) is 158 Å². The summed E-state index contributed by atoms with van der Waals surface area (Å²) in [6, 6.07) is 0. The van der Waals surface area contributed by atoms with Crippen molar-refractivity contribution in [3.8, 4) is 0 Å². The number of hydrogen-bond donors (Lipinski definition) is 1. The van der Waals surface area contributed by atoms with Crippen molar-refractivity contribution in [1.82, 2.24) is 0 Å². The molecular formula is C30H42F2O10S. The molecule has 8 atom stereocenters. The molecule has 0 aliphatic heterocycles. The normalized spacial score (nSPS) is 35.0. The quantitative estimate of drug-likeness (QED) is 0.261. The van der Waals surface area contributed by atoms with Gasteiger partial charge in [0.1, 0.15) is 17.3 Å². The molecule has 0 aromatic carbocycles. The molecule has 43 heavy (non-hydrogen) atoms. The SMILES string of the molecule is C[C@H](CCC(=O)OCC(F)(F)CCOC(=O)CS(=O)(=O)O)[C@H]1CCC2C3C(=O)CC4CC(=O)CC[C@]4(C)C3CC(=O)[C@@]21C. The van der Waals surface area contributed by atoms with Crippen molar-refractivity contribution in [1.29, 1.82) is 0 Å². The van der Waals surface area contributed by atoms with Crippen LogP contribution in [0.4, 0.5) is 8.78 Å². The lowest BCUT2D eigenvalue weighted by Crippen LogP contribution is -2.60. The summed E-state index contributed by atoms with van der Waals surface area (Å²) in [6.45, 7) is 3.98. The molecule has 1 N–H and O–H groups in total. The Morgan fingerprint density at radius 1 is 1.05 bits per heavy atom. The molecule has 0 bridgehead atoms. The van der Waals surface area contributed by atoms with Gasteiger partial charge in [-0.2, -0.15) is 8.42 Å². The highest BCUT2D eigenvalue weighted by molar-refractivity contribution is 7.86. The maximum Gasteiger partial charge on any atom is 0.323 e. The van der Waals surface area contributed by atoms with E-state index < -0.39 is 58.8 Å². The predicted molar refractivity (Wildman–Crippen MR) is 147 cm³/mol. The molecule has 4 aliphatic carbocycles. The summed E-state index contributed by atoms with van der Waals surface area (Å²) < 4.78 is 67.1. The molecule has 0 aromatic heterocycles. The molecule has 0 aromatic rings. The molecule has 4 saturated carbocycles. The summed E-state index contributed by atoms with van der Waals surface area (Å²) in [6.07, 6.45) is 2.95. The molecule has 13 heteroatoms. The monoisotopic (exact) mass is 632 g/mol. The van der Waals surface area contributed by atoms with Gasteiger partial charge >= 0.3 is 11.9 Å². The third-order valence-electron chi connectivity index (χ3n) is 11.2. The van der Waals surface area contributed by atoms with Crippen molar-refractivity contribution in [2.75, 3.05) is 19.0 Å². The number of ketones is 3. The Morgan fingerprint density at radius 3 is 2.42 bits per heavy atom. The Kier molecular flexibility index (Phi) is 9.58. The van der Waals surface area contributed by atoms with Gasteiger partial charge < -0.3 is 9.47 Å². The number of rotatable bonds is 11. The maximum absolute atomic E-state index is 14.1. The lowest BCUT2D eigenvalue weighted by Gasteiger charge is -2.58. The molecular weight excluding hydrogens is 590 g/mol. The Morgan fingerprint density at radius 2 is 1.74 bits per heavy atom. The zero-order valence-electron chi connectivity index (χ0n) is 24.9. The minimum Gasteiger partial charge on any atom is -0.465 e. The van der Waals surface area contributed by atoms with Crippen LogP contribution in [0.2, 0.25) is 0 Å². The molecule has 0 amide bonds. The lowest BCUT2D eigenvalue weighted by atomic mass is 9.44. The van der Waals surface area contributed by atoms with Crippen LogP contribution in [-0.2, 0) is 43.6 Å². The number of halogens is 2. The van der Waals surface area contributed by atoms with Gasteiger partial charge in [0.2, 0.25) is 0 Å². The molecule has 4 rings (SSSR count). The van der Waals surface area contributed by atoms with E-state index in [-0.39, 0.29) is 64.7 Å². The zero-order valence-corrected chi connectivity index (χ0v) is 25.8. The van der Waals surface area contributed by atoms with Crippen LogP contribution in [-0.4, -0.2) is 67.1 Å². The smallest absolute Gasteiger partial charge is 0.323 e. The van der Waals surface area contributed by atoms with Gasteiger partial charge in [0, 0.05) is 49.9 Å². The van der Waals surface area contributed by atoms with Crippen molar-refractivity contribution in [3.05, 3.63) is 0 Å². The van der Waals surface area contributed by atoms with E-state index in [0.29, 0.717) is 38.5 Å². The van der Waals surface area contributed by atoms with E-state index in [0.717, 1.165) is 12.8 Å². The molecule has 4 unspecified atom stereocenters. The fourth-order valence-electron chi connectivity index (χ4n) is 8.77. The van der Waals surface area contributed by atoms with E-state index >= 15 is 0 Å². The molecule has 242 valence electrons. The summed E-state index contributed by atoms with van der Waals surface area (Å²) in [5, 5.41) is 0. The number of Topliss-reactive ketones (excluding diaryl/α,β-unsaturated/α-hetero) is 3. The Hall–Kier alpha value is -2.28. The third-order valence-corrected chi connectivity index (χ3v) is 11.8. The Balaban J connectivity index is 1.30. The van der Waals surface area contributed by atoms with E-state index in [2.05, 4.69) is 11.7 Å². The van der Waals surface area contributed by atoms with Crippen molar-refractivity contribution >= 4 is 39.4 Å². The second kappa shape index (κ2) is 12.3. The molecule has 0 saturated heterocycles. The fraction of sp³-hybridized carbons (Fsp3) is 0.833. The fourth-order valence-corrected chi connectivity index (χ4v) is 9.15. The number of carbonyl (C=O) groups is 5. The highest BCUT2D eigenvalue weighted by Crippen LogP contribution is 2.66. The van der Waals surface area contributed by atoms with Gasteiger partial charge in [0.05, 0.1) is 6.61 Å².